The van der Waals surface area contributed by atoms with Gasteiger partial charge in [-0.05, 0) is 197 Å². The molecule has 0 aliphatic heterocycles. The van der Waals surface area contributed by atoms with Crippen LogP contribution in [0.4, 0.5) is 0 Å². The van der Waals surface area contributed by atoms with Crippen LogP contribution in [-0.2, 0) is 89.5 Å². The van der Waals surface area contributed by atoms with Crippen molar-refractivity contribution in [3.05, 3.63) is 115 Å². The summed E-state index contributed by atoms with van der Waals surface area (Å²) in [6.45, 7) is 14.8. The highest BCUT2D eigenvalue weighted by Crippen LogP contribution is 2.32. The zero-order valence-electron chi connectivity index (χ0n) is 53.6. The zero-order valence-corrected chi connectivity index (χ0v) is 53.6. The normalized spacial score (nSPS) is 11.5. The van der Waals surface area contributed by atoms with Crippen LogP contribution in [-0.4, -0.2) is 70.7 Å². The second-order valence-electron chi connectivity index (χ2n) is 24.5. The largest absolute Gasteiger partial charge is 0.507 e. The third kappa shape index (κ3) is 26.6. The monoisotopic (exact) mass is 1180 g/mol. The van der Waals surface area contributed by atoms with Crippen molar-refractivity contribution in [2.45, 2.75) is 261 Å². The number of aromatic hydroxyl groups is 4. The molecule has 0 radical (unpaired) electrons. The molecule has 0 aliphatic rings. The predicted molar refractivity (Wildman–Crippen MR) is 341 cm³/mol. The van der Waals surface area contributed by atoms with Crippen molar-refractivity contribution in [1.29, 1.82) is 0 Å². The first-order chi connectivity index (χ1) is 40.9. The summed E-state index contributed by atoms with van der Waals surface area (Å²) in [6, 6.07) is 15.9. The maximum absolute atomic E-state index is 13.7. The van der Waals surface area contributed by atoms with Crippen molar-refractivity contribution >= 4 is 23.9 Å². The predicted octanol–water partition coefficient (Wildman–Crippen LogP) is 16.8. The van der Waals surface area contributed by atoms with Gasteiger partial charge in [0, 0.05) is 25.7 Å². The number of ether oxygens (including phenoxy) is 4. The molecule has 12 heteroatoms. The van der Waals surface area contributed by atoms with Gasteiger partial charge in [-0.1, -0.05) is 153 Å². The van der Waals surface area contributed by atoms with Crippen molar-refractivity contribution in [2.24, 2.45) is 5.41 Å². The molecule has 4 aromatic rings. The molecule has 4 aromatic carbocycles. The van der Waals surface area contributed by atoms with E-state index in [1.807, 2.05) is 76.2 Å². The molecule has 0 saturated carbocycles. The standard InChI is InChI=1S/C73H108O12/c1-9-13-17-21-33-61-45-57(41-53(5)69(61)78)29-25-37-65(74)82-49-73(50-83-66(75)38-26-30-58-42-54(6)70(79)62(46-58)34-22-18-14-10-2,51-84-67(76)39-27-31-59-43-55(7)71(80)63(47-59)35-23-19-15-11-3)52-85-68(77)40-28-32-60-44-56(8)72(81)64(48-60)36-24-20-16-12-4/h41-48,78-81H,9-40,49-52H2,1-8H3. The summed E-state index contributed by atoms with van der Waals surface area (Å²) in [5, 5.41) is 43.4. The Morgan fingerprint density at radius 2 is 0.518 bits per heavy atom. The first-order valence-corrected chi connectivity index (χ1v) is 32.8. The maximum Gasteiger partial charge on any atom is 0.305 e. The Kier molecular flexibility index (Phi) is 33.3. The van der Waals surface area contributed by atoms with E-state index in [-0.39, 0.29) is 52.1 Å². The molecule has 0 saturated heterocycles. The molecule has 0 atom stereocenters. The van der Waals surface area contributed by atoms with Crippen LogP contribution in [0.25, 0.3) is 0 Å². The highest BCUT2D eigenvalue weighted by atomic mass is 16.6. The molecule has 4 N–H and O–H groups in total. The summed E-state index contributed by atoms with van der Waals surface area (Å²) < 4.78 is 24.0. The molecule has 0 unspecified atom stereocenters. The van der Waals surface area contributed by atoms with Gasteiger partial charge >= 0.3 is 23.9 Å². The fraction of sp³-hybridized carbons (Fsp3) is 0.616. The Labute approximate surface area is 511 Å². The van der Waals surface area contributed by atoms with Gasteiger partial charge in [-0.15, -0.1) is 0 Å². The minimum absolute atomic E-state index is 0.0623. The third-order valence-electron chi connectivity index (χ3n) is 16.5. The average Bonchev–Trinajstić information content (AvgIpc) is 3.61. The number of hydrogen-bond donors (Lipinski definition) is 4. The summed E-state index contributed by atoms with van der Waals surface area (Å²) in [5.41, 5.74) is 9.42. The number of rotatable bonds is 44. The quantitative estimate of drug-likeness (QED) is 0.0187. The van der Waals surface area contributed by atoms with E-state index in [1.54, 1.807) is 0 Å². The molecule has 0 bridgehead atoms. The van der Waals surface area contributed by atoms with Gasteiger partial charge in [0.25, 0.3) is 0 Å². The van der Waals surface area contributed by atoms with Gasteiger partial charge in [0.15, 0.2) is 0 Å². The van der Waals surface area contributed by atoms with Crippen LogP contribution >= 0.6 is 0 Å². The molecule has 0 aromatic heterocycles. The maximum atomic E-state index is 13.7. The van der Waals surface area contributed by atoms with Crippen molar-refractivity contribution in [1.82, 2.24) is 0 Å². The van der Waals surface area contributed by atoms with Crippen LogP contribution in [0.15, 0.2) is 48.5 Å². The van der Waals surface area contributed by atoms with E-state index in [0.717, 1.165) is 195 Å². The lowest BCUT2D eigenvalue weighted by atomic mass is 9.92. The lowest BCUT2D eigenvalue weighted by molar-refractivity contribution is -0.170. The number of phenols is 4. The lowest BCUT2D eigenvalue weighted by Crippen LogP contribution is -2.44. The molecule has 4 rings (SSSR count). The van der Waals surface area contributed by atoms with Crippen molar-refractivity contribution in [3.8, 4) is 23.0 Å². The van der Waals surface area contributed by atoms with Gasteiger partial charge in [-0.25, -0.2) is 0 Å². The number of carbonyl (C=O) groups is 4. The molecule has 12 nitrogen and oxygen atoms in total. The van der Waals surface area contributed by atoms with Gasteiger partial charge < -0.3 is 39.4 Å². The smallest absolute Gasteiger partial charge is 0.305 e. The SMILES string of the molecule is CCCCCCc1cc(CCCC(=O)OCC(COC(=O)CCCc2cc(C)c(O)c(CCCCCC)c2)(COC(=O)CCCc2cc(C)c(O)c(CCCCCC)c2)COC(=O)CCCc2cc(C)c(O)c(CCCCCC)c2)cc(C)c1O. The molecular formula is C73H108O12. The molecular weight excluding hydrogens is 1070 g/mol. The van der Waals surface area contributed by atoms with Crippen LogP contribution < -0.4 is 0 Å². The van der Waals surface area contributed by atoms with Crippen molar-refractivity contribution < 1.29 is 58.6 Å². The minimum atomic E-state index is -1.46. The Morgan fingerprint density at radius 1 is 0.306 bits per heavy atom. The third-order valence-corrected chi connectivity index (χ3v) is 16.5. The Morgan fingerprint density at radius 3 is 0.718 bits per heavy atom. The molecule has 472 valence electrons. The summed E-state index contributed by atoms with van der Waals surface area (Å²) in [6.07, 6.45) is 24.9. The van der Waals surface area contributed by atoms with Crippen LogP contribution in [0.5, 0.6) is 23.0 Å². The van der Waals surface area contributed by atoms with Crippen LogP contribution in [0.2, 0.25) is 0 Å². The highest BCUT2D eigenvalue weighted by molar-refractivity contribution is 5.71. The number of hydrogen-bond acceptors (Lipinski definition) is 12. The lowest BCUT2D eigenvalue weighted by Gasteiger charge is -2.31. The van der Waals surface area contributed by atoms with Gasteiger partial charge in [-0.3, -0.25) is 19.2 Å². The first kappa shape index (κ1) is 71.4. The van der Waals surface area contributed by atoms with E-state index in [2.05, 4.69) is 27.7 Å². The van der Waals surface area contributed by atoms with E-state index < -0.39 is 29.3 Å². The number of unbranched alkanes of at least 4 members (excludes halogenated alkanes) is 12. The van der Waals surface area contributed by atoms with Crippen molar-refractivity contribution in [2.75, 3.05) is 26.4 Å². The van der Waals surface area contributed by atoms with Crippen LogP contribution in [0.3, 0.4) is 0 Å². The van der Waals surface area contributed by atoms with E-state index in [1.165, 1.54) is 0 Å². The topological polar surface area (TPSA) is 186 Å². The average molecular weight is 1180 g/mol. The van der Waals surface area contributed by atoms with Crippen molar-refractivity contribution in [3.63, 3.8) is 0 Å². The zero-order chi connectivity index (χ0) is 62.0. The fourth-order valence-electron chi connectivity index (χ4n) is 11.3. The minimum Gasteiger partial charge on any atom is -0.507 e. The number of carbonyl (C=O) groups excluding carboxylic acids is 4. The Balaban J connectivity index is 1.54. The summed E-state index contributed by atoms with van der Waals surface area (Å²) in [5.74, 6) is -0.789. The van der Waals surface area contributed by atoms with E-state index in [0.29, 0.717) is 74.4 Å². The van der Waals surface area contributed by atoms with E-state index in [4.69, 9.17) is 18.9 Å². The number of phenolic OH excluding ortho intramolecular Hbond substituents is 4. The number of esters is 4. The molecule has 0 amide bonds. The van der Waals surface area contributed by atoms with Crippen LogP contribution in [0, 0.1) is 33.1 Å². The van der Waals surface area contributed by atoms with E-state index in [9.17, 15) is 39.6 Å². The first-order valence-electron chi connectivity index (χ1n) is 32.8. The number of benzene rings is 4. The van der Waals surface area contributed by atoms with Gasteiger partial charge in [-0.2, -0.15) is 0 Å². The highest BCUT2D eigenvalue weighted by Gasteiger charge is 2.38. The molecule has 85 heavy (non-hydrogen) atoms. The molecule has 0 heterocycles. The van der Waals surface area contributed by atoms with Gasteiger partial charge in [0.2, 0.25) is 0 Å². The Bertz CT molecular complexity index is 2300. The number of aryl methyl sites for hydroxylation is 12. The summed E-state index contributed by atoms with van der Waals surface area (Å²) >= 11 is 0. The summed E-state index contributed by atoms with van der Waals surface area (Å²) in [4.78, 5) is 55.0. The van der Waals surface area contributed by atoms with Gasteiger partial charge in [0.1, 0.15) is 54.8 Å². The Hall–Kier alpha value is -6.04. The molecule has 0 spiro atoms. The van der Waals surface area contributed by atoms with Crippen LogP contribution in [0.1, 0.15) is 249 Å². The van der Waals surface area contributed by atoms with E-state index >= 15 is 0 Å². The molecule has 0 fully saturated rings. The molecule has 0 aliphatic carbocycles. The second kappa shape index (κ2) is 39.6. The second-order valence-corrected chi connectivity index (χ2v) is 24.5. The summed E-state index contributed by atoms with van der Waals surface area (Å²) in [7, 11) is 0. The van der Waals surface area contributed by atoms with Gasteiger partial charge in [0.05, 0.1) is 0 Å². The fourth-order valence-corrected chi connectivity index (χ4v) is 11.3.